The molecule has 0 atom stereocenters. The zero-order valence-electron chi connectivity index (χ0n) is 9.87. The SMILES string of the molecule is Cn1cnc(S(=O)(=O)NCc2ccc(N)cc2)c1. The van der Waals surface area contributed by atoms with Crippen LogP contribution in [0.2, 0.25) is 0 Å². The Morgan fingerprint density at radius 3 is 2.56 bits per heavy atom. The van der Waals surface area contributed by atoms with Crippen molar-refractivity contribution >= 4 is 15.7 Å². The van der Waals surface area contributed by atoms with Gasteiger partial charge >= 0.3 is 0 Å². The van der Waals surface area contributed by atoms with E-state index in [1.54, 1.807) is 35.9 Å². The third-order valence-electron chi connectivity index (χ3n) is 2.40. The lowest BCUT2D eigenvalue weighted by Gasteiger charge is -2.04. The van der Waals surface area contributed by atoms with Crippen molar-refractivity contribution in [1.29, 1.82) is 0 Å². The molecule has 0 spiro atoms. The zero-order chi connectivity index (χ0) is 13.2. The minimum absolute atomic E-state index is 0.0143. The molecule has 0 aliphatic rings. The van der Waals surface area contributed by atoms with E-state index < -0.39 is 10.0 Å². The number of aryl methyl sites for hydroxylation is 1. The first-order valence-corrected chi connectivity index (χ1v) is 6.78. The van der Waals surface area contributed by atoms with Crippen LogP contribution in [-0.4, -0.2) is 18.0 Å². The van der Waals surface area contributed by atoms with Gasteiger partial charge in [0.1, 0.15) is 0 Å². The molecule has 1 aromatic carbocycles. The molecule has 2 aromatic rings. The lowest BCUT2D eigenvalue weighted by molar-refractivity contribution is 0.578. The van der Waals surface area contributed by atoms with E-state index in [9.17, 15) is 8.42 Å². The quantitative estimate of drug-likeness (QED) is 0.788. The molecule has 0 bridgehead atoms. The summed E-state index contributed by atoms with van der Waals surface area (Å²) in [4.78, 5) is 3.81. The molecule has 0 saturated carbocycles. The van der Waals surface area contributed by atoms with Crippen molar-refractivity contribution < 1.29 is 8.42 Å². The van der Waals surface area contributed by atoms with E-state index in [2.05, 4.69) is 9.71 Å². The predicted octanol–water partition coefficient (Wildman–Crippen LogP) is 0.481. The molecule has 7 heteroatoms. The molecular weight excluding hydrogens is 252 g/mol. The Morgan fingerprint density at radius 2 is 2.00 bits per heavy atom. The van der Waals surface area contributed by atoms with Crippen molar-refractivity contribution in [2.24, 2.45) is 7.05 Å². The Balaban J connectivity index is 2.08. The second-order valence-electron chi connectivity index (χ2n) is 3.94. The van der Waals surface area contributed by atoms with Crippen LogP contribution in [0.15, 0.2) is 41.8 Å². The van der Waals surface area contributed by atoms with Crippen LogP contribution in [0.5, 0.6) is 0 Å². The number of anilines is 1. The van der Waals surface area contributed by atoms with Crippen LogP contribution in [0.3, 0.4) is 0 Å². The number of rotatable bonds is 4. The topological polar surface area (TPSA) is 90.0 Å². The van der Waals surface area contributed by atoms with E-state index in [-0.39, 0.29) is 11.6 Å². The molecule has 0 aliphatic carbocycles. The summed E-state index contributed by atoms with van der Waals surface area (Å²) in [5, 5.41) is 0.0143. The Hall–Kier alpha value is -1.86. The van der Waals surface area contributed by atoms with Crippen LogP contribution in [-0.2, 0) is 23.6 Å². The number of hydrogen-bond donors (Lipinski definition) is 2. The summed E-state index contributed by atoms with van der Waals surface area (Å²) in [6, 6.07) is 7.00. The minimum Gasteiger partial charge on any atom is -0.399 e. The third-order valence-corrected chi connectivity index (χ3v) is 3.69. The fraction of sp³-hybridized carbons (Fsp3) is 0.182. The average molecular weight is 266 g/mol. The zero-order valence-corrected chi connectivity index (χ0v) is 10.7. The van der Waals surface area contributed by atoms with Crippen molar-refractivity contribution in [3.05, 3.63) is 42.4 Å². The first-order valence-electron chi connectivity index (χ1n) is 5.29. The van der Waals surface area contributed by atoms with Gasteiger partial charge in [0, 0.05) is 25.5 Å². The molecule has 6 nitrogen and oxygen atoms in total. The van der Waals surface area contributed by atoms with Gasteiger partial charge in [0.05, 0.1) is 6.33 Å². The largest absolute Gasteiger partial charge is 0.399 e. The number of aromatic nitrogens is 2. The highest BCUT2D eigenvalue weighted by Crippen LogP contribution is 2.08. The summed E-state index contributed by atoms with van der Waals surface area (Å²) < 4.78 is 27.8. The molecule has 0 aliphatic heterocycles. The minimum atomic E-state index is -3.56. The lowest BCUT2D eigenvalue weighted by atomic mass is 10.2. The molecule has 1 aromatic heterocycles. The standard InChI is InChI=1S/C11H14N4O2S/c1-15-7-11(13-8-15)18(16,17)14-6-9-2-4-10(12)5-3-9/h2-5,7-8,14H,6,12H2,1H3. The highest BCUT2D eigenvalue weighted by atomic mass is 32.2. The molecule has 0 fully saturated rings. The van der Waals surface area contributed by atoms with Gasteiger partial charge in [-0.25, -0.2) is 18.1 Å². The summed E-state index contributed by atoms with van der Waals surface area (Å²) in [5.74, 6) is 0. The van der Waals surface area contributed by atoms with Gasteiger partial charge in [0.15, 0.2) is 5.03 Å². The molecule has 2 rings (SSSR count). The van der Waals surface area contributed by atoms with Gasteiger partial charge in [-0.3, -0.25) is 0 Å². The third kappa shape index (κ3) is 2.88. The highest BCUT2D eigenvalue weighted by Gasteiger charge is 2.16. The Labute approximate surface area is 106 Å². The number of nitrogens with two attached hydrogens (primary N) is 1. The monoisotopic (exact) mass is 266 g/mol. The molecule has 1 heterocycles. The van der Waals surface area contributed by atoms with E-state index in [1.807, 2.05) is 0 Å². The molecule has 0 unspecified atom stereocenters. The summed E-state index contributed by atoms with van der Waals surface area (Å²) in [6.07, 6.45) is 2.89. The van der Waals surface area contributed by atoms with Gasteiger partial charge in [-0.15, -0.1) is 0 Å². The van der Waals surface area contributed by atoms with Crippen LogP contribution in [0, 0.1) is 0 Å². The Bertz CT molecular complexity index is 631. The van der Waals surface area contributed by atoms with Gasteiger partial charge in [-0.1, -0.05) is 12.1 Å². The number of imidazole rings is 1. The van der Waals surface area contributed by atoms with Crippen LogP contribution in [0.1, 0.15) is 5.56 Å². The maximum Gasteiger partial charge on any atom is 0.259 e. The number of hydrogen-bond acceptors (Lipinski definition) is 4. The molecule has 96 valence electrons. The number of nitrogen functional groups attached to an aromatic ring is 1. The molecular formula is C11H14N4O2S. The number of nitrogens with zero attached hydrogens (tertiary/aromatic N) is 2. The van der Waals surface area contributed by atoms with E-state index >= 15 is 0 Å². The van der Waals surface area contributed by atoms with Crippen molar-refractivity contribution in [2.45, 2.75) is 11.6 Å². The van der Waals surface area contributed by atoms with Crippen molar-refractivity contribution in [1.82, 2.24) is 14.3 Å². The maximum absolute atomic E-state index is 11.9. The van der Waals surface area contributed by atoms with E-state index in [0.29, 0.717) is 5.69 Å². The average Bonchev–Trinajstić information content (AvgIpc) is 2.76. The molecule has 0 saturated heterocycles. The summed E-state index contributed by atoms with van der Waals surface area (Å²) in [7, 11) is -1.85. The van der Waals surface area contributed by atoms with Gasteiger partial charge in [-0.2, -0.15) is 0 Å². The van der Waals surface area contributed by atoms with Crippen LogP contribution >= 0.6 is 0 Å². The fourth-order valence-corrected chi connectivity index (χ4v) is 2.41. The molecule has 0 amide bonds. The first kappa shape index (κ1) is 12.6. The van der Waals surface area contributed by atoms with Crippen molar-refractivity contribution in [3.8, 4) is 0 Å². The summed E-state index contributed by atoms with van der Waals surface area (Å²) >= 11 is 0. The number of sulfonamides is 1. The number of benzene rings is 1. The van der Waals surface area contributed by atoms with Gasteiger partial charge in [-0.05, 0) is 17.7 Å². The fourth-order valence-electron chi connectivity index (χ4n) is 1.42. The summed E-state index contributed by atoms with van der Waals surface area (Å²) in [5.41, 5.74) is 7.03. The van der Waals surface area contributed by atoms with E-state index in [1.165, 1.54) is 12.5 Å². The second-order valence-corrected chi connectivity index (χ2v) is 5.66. The predicted molar refractivity (Wildman–Crippen MR) is 68.1 cm³/mol. The molecule has 3 N–H and O–H groups in total. The number of nitrogens with one attached hydrogen (secondary N) is 1. The van der Waals surface area contributed by atoms with Gasteiger partial charge in [0.25, 0.3) is 10.0 Å². The highest BCUT2D eigenvalue weighted by molar-refractivity contribution is 7.89. The Kier molecular flexibility index (Phi) is 3.35. The first-order chi connectivity index (χ1) is 8.47. The van der Waals surface area contributed by atoms with E-state index in [0.717, 1.165) is 5.56 Å². The second kappa shape index (κ2) is 4.79. The van der Waals surface area contributed by atoms with E-state index in [4.69, 9.17) is 5.73 Å². The van der Waals surface area contributed by atoms with Crippen molar-refractivity contribution in [3.63, 3.8) is 0 Å². The van der Waals surface area contributed by atoms with Crippen LogP contribution in [0.4, 0.5) is 5.69 Å². The Morgan fingerprint density at radius 1 is 1.33 bits per heavy atom. The smallest absolute Gasteiger partial charge is 0.259 e. The van der Waals surface area contributed by atoms with Crippen LogP contribution in [0.25, 0.3) is 0 Å². The maximum atomic E-state index is 11.9. The van der Waals surface area contributed by atoms with Gasteiger partial charge in [0.2, 0.25) is 0 Å². The summed E-state index contributed by atoms with van der Waals surface area (Å²) in [6.45, 7) is 0.208. The lowest BCUT2D eigenvalue weighted by Crippen LogP contribution is -2.23. The van der Waals surface area contributed by atoms with Crippen molar-refractivity contribution in [2.75, 3.05) is 5.73 Å². The van der Waals surface area contributed by atoms with Gasteiger partial charge < -0.3 is 10.3 Å². The van der Waals surface area contributed by atoms with Crippen LogP contribution < -0.4 is 10.5 Å². The molecule has 0 radical (unpaired) electrons. The molecule has 18 heavy (non-hydrogen) atoms. The normalized spacial score (nSPS) is 11.6.